The van der Waals surface area contributed by atoms with Crippen LogP contribution in [-0.2, 0) is 6.54 Å². The van der Waals surface area contributed by atoms with Crippen molar-refractivity contribution in [2.24, 2.45) is 5.92 Å². The maximum atomic E-state index is 13.8. The molecule has 0 radical (unpaired) electrons. The third-order valence-corrected chi connectivity index (χ3v) is 4.24. The second-order valence-electron chi connectivity index (χ2n) is 5.32. The van der Waals surface area contributed by atoms with Crippen molar-refractivity contribution in [2.75, 3.05) is 0 Å². The van der Waals surface area contributed by atoms with Crippen molar-refractivity contribution in [1.82, 2.24) is 5.32 Å². The lowest BCUT2D eigenvalue weighted by Gasteiger charge is -2.23. The molecule has 0 amide bonds. The second kappa shape index (κ2) is 6.53. The molecule has 1 saturated carbocycles. The highest BCUT2D eigenvalue weighted by Crippen LogP contribution is 2.24. The normalized spacial score (nSPS) is 24.8. The largest absolute Gasteiger partial charge is 0.310 e. The van der Waals surface area contributed by atoms with Gasteiger partial charge in [0.2, 0.25) is 0 Å². The Morgan fingerprint density at radius 1 is 1.28 bits per heavy atom. The third-order valence-electron chi connectivity index (χ3n) is 3.95. The summed E-state index contributed by atoms with van der Waals surface area (Å²) in [4.78, 5) is 0. The Hall–Kier alpha value is -0.600. The van der Waals surface area contributed by atoms with Crippen LogP contribution in [0.1, 0.15) is 44.6 Å². The summed E-state index contributed by atoms with van der Waals surface area (Å²) >= 11 is 5.79. The first-order valence-corrected chi connectivity index (χ1v) is 7.22. The van der Waals surface area contributed by atoms with Gasteiger partial charge in [0.05, 0.1) is 5.02 Å². The van der Waals surface area contributed by atoms with Gasteiger partial charge < -0.3 is 5.32 Å². The summed E-state index contributed by atoms with van der Waals surface area (Å²) < 4.78 is 13.8. The van der Waals surface area contributed by atoms with E-state index < -0.39 is 0 Å². The van der Waals surface area contributed by atoms with Crippen LogP contribution in [0.5, 0.6) is 0 Å². The number of nitrogens with one attached hydrogen (secondary N) is 1. The molecule has 0 heterocycles. The topological polar surface area (TPSA) is 12.0 Å². The monoisotopic (exact) mass is 269 g/mol. The molecule has 1 aromatic carbocycles. The molecule has 1 aliphatic rings. The summed E-state index contributed by atoms with van der Waals surface area (Å²) in [5.74, 6) is 0.391. The Balaban J connectivity index is 1.95. The van der Waals surface area contributed by atoms with E-state index in [4.69, 9.17) is 11.6 Å². The molecule has 1 nitrogen and oxygen atoms in total. The van der Waals surface area contributed by atoms with Gasteiger partial charge in [-0.1, -0.05) is 49.9 Å². The van der Waals surface area contributed by atoms with E-state index in [1.807, 2.05) is 0 Å². The number of rotatable bonds is 3. The van der Waals surface area contributed by atoms with Crippen molar-refractivity contribution < 1.29 is 4.39 Å². The Bertz CT molecular complexity index is 394. The van der Waals surface area contributed by atoms with Gasteiger partial charge in [0.25, 0.3) is 0 Å². The summed E-state index contributed by atoms with van der Waals surface area (Å²) in [6.45, 7) is 2.86. The number of halogens is 2. The number of benzene rings is 1. The average Bonchev–Trinajstić information content (AvgIpc) is 2.56. The molecule has 0 aliphatic heterocycles. The van der Waals surface area contributed by atoms with Crippen molar-refractivity contribution in [1.29, 1.82) is 0 Å². The Kier molecular flexibility index (Phi) is 5.02. The van der Waals surface area contributed by atoms with Crippen LogP contribution in [0.15, 0.2) is 18.2 Å². The molecule has 2 rings (SSSR count). The SMILES string of the molecule is CC1CCCCCC1NCc1cccc(Cl)c1F. The van der Waals surface area contributed by atoms with Crippen molar-refractivity contribution >= 4 is 11.6 Å². The summed E-state index contributed by atoms with van der Waals surface area (Å²) in [5, 5.41) is 3.71. The fourth-order valence-corrected chi connectivity index (χ4v) is 2.92. The van der Waals surface area contributed by atoms with Crippen LogP contribution in [0.3, 0.4) is 0 Å². The average molecular weight is 270 g/mol. The van der Waals surface area contributed by atoms with Gasteiger partial charge in [0.1, 0.15) is 5.82 Å². The van der Waals surface area contributed by atoms with E-state index >= 15 is 0 Å². The van der Waals surface area contributed by atoms with Crippen molar-refractivity contribution in [3.63, 3.8) is 0 Å². The van der Waals surface area contributed by atoms with Crippen LogP contribution in [0, 0.1) is 11.7 Å². The maximum Gasteiger partial charge on any atom is 0.146 e. The minimum absolute atomic E-state index is 0.211. The van der Waals surface area contributed by atoms with E-state index in [1.54, 1.807) is 18.2 Å². The van der Waals surface area contributed by atoms with E-state index in [-0.39, 0.29) is 10.8 Å². The van der Waals surface area contributed by atoms with Gasteiger partial charge in [-0.25, -0.2) is 4.39 Å². The van der Waals surface area contributed by atoms with Crippen molar-refractivity contribution in [2.45, 2.75) is 51.6 Å². The molecule has 1 fully saturated rings. The quantitative estimate of drug-likeness (QED) is 0.795. The minimum Gasteiger partial charge on any atom is -0.310 e. The standard InChI is InChI=1S/C15H21ClFN/c1-11-6-3-2-4-9-14(11)18-10-12-7-5-8-13(16)15(12)17/h5,7-8,11,14,18H,2-4,6,9-10H2,1H3. The zero-order valence-corrected chi connectivity index (χ0v) is 11.6. The predicted octanol–water partition coefficient (Wildman–Crippen LogP) is 4.54. The predicted molar refractivity (Wildman–Crippen MR) is 74.3 cm³/mol. The first-order valence-electron chi connectivity index (χ1n) is 6.84. The zero-order valence-electron chi connectivity index (χ0n) is 10.9. The van der Waals surface area contributed by atoms with Crippen LogP contribution in [0.2, 0.25) is 5.02 Å². The highest BCUT2D eigenvalue weighted by Gasteiger charge is 2.19. The first kappa shape index (κ1) is 13.8. The molecule has 100 valence electrons. The van der Waals surface area contributed by atoms with E-state index in [9.17, 15) is 4.39 Å². The molecule has 1 aliphatic carbocycles. The minimum atomic E-state index is -0.284. The number of hydrogen-bond acceptors (Lipinski definition) is 1. The molecular formula is C15H21ClFN. The molecule has 2 unspecified atom stereocenters. The first-order chi connectivity index (χ1) is 8.68. The van der Waals surface area contributed by atoms with E-state index in [1.165, 1.54) is 32.1 Å². The Morgan fingerprint density at radius 2 is 2.06 bits per heavy atom. The molecule has 2 atom stereocenters. The van der Waals surface area contributed by atoms with Crippen molar-refractivity contribution in [3.05, 3.63) is 34.6 Å². The highest BCUT2D eigenvalue weighted by atomic mass is 35.5. The fourth-order valence-electron chi connectivity index (χ4n) is 2.72. The lowest BCUT2D eigenvalue weighted by Crippen LogP contribution is -2.34. The lowest BCUT2D eigenvalue weighted by atomic mass is 9.97. The lowest BCUT2D eigenvalue weighted by molar-refractivity contribution is 0.354. The van der Waals surface area contributed by atoms with Crippen LogP contribution in [-0.4, -0.2) is 6.04 Å². The van der Waals surface area contributed by atoms with Crippen LogP contribution >= 0.6 is 11.6 Å². The smallest absolute Gasteiger partial charge is 0.146 e. The summed E-state index contributed by atoms with van der Waals surface area (Å²) in [6, 6.07) is 5.70. The third kappa shape index (κ3) is 3.46. The Morgan fingerprint density at radius 3 is 2.89 bits per heavy atom. The number of hydrogen-bond donors (Lipinski definition) is 1. The highest BCUT2D eigenvalue weighted by molar-refractivity contribution is 6.30. The van der Waals surface area contributed by atoms with E-state index in [0.717, 1.165) is 0 Å². The molecule has 0 spiro atoms. The maximum absolute atomic E-state index is 13.8. The van der Waals surface area contributed by atoms with Gasteiger partial charge in [-0.2, -0.15) is 0 Å². The van der Waals surface area contributed by atoms with Gasteiger partial charge >= 0.3 is 0 Å². The molecule has 0 saturated heterocycles. The summed E-state index contributed by atoms with van der Waals surface area (Å²) in [5.41, 5.74) is 0.666. The Labute approximate surface area is 114 Å². The molecular weight excluding hydrogens is 249 g/mol. The molecule has 18 heavy (non-hydrogen) atoms. The molecule has 1 aromatic rings. The summed E-state index contributed by atoms with van der Waals surface area (Å²) in [6.07, 6.45) is 6.40. The van der Waals surface area contributed by atoms with Gasteiger partial charge in [-0.15, -0.1) is 0 Å². The summed E-state index contributed by atoms with van der Waals surface area (Å²) in [7, 11) is 0. The van der Waals surface area contributed by atoms with Crippen LogP contribution < -0.4 is 5.32 Å². The van der Waals surface area contributed by atoms with Gasteiger partial charge in [-0.05, 0) is 24.8 Å². The van der Waals surface area contributed by atoms with E-state index in [2.05, 4.69) is 12.2 Å². The molecule has 0 aromatic heterocycles. The van der Waals surface area contributed by atoms with Crippen LogP contribution in [0.4, 0.5) is 4.39 Å². The van der Waals surface area contributed by atoms with E-state index in [0.29, 0.717) is 24.1 Å². The second-order valence-corrected chi connectivity index (χ2v) is 5.72. The van der Waals surface area contributed by atoms with Gasteiger partial charge in [-0.3, -0.25) is 0 Å². The fraction of sp³-hybridized carbons (Fsp3) is 0.600. The molecule has 0 bridgehead atoms. The van der Waals surface area contributed by atoms with Gasteiger partial charge in [0.15, 0.2) is 0 Å². The molecule has 1 N–H and O–H groups in total. The molecule has 3 heteroatoms. The van der Waals surface area contributed by atoms with Gasteiger partial charge in [0, 0.05) is 18.2 Å². The van der Waals surface area contributed by atoms with Crippen molar-refractivity contribution in [3.8, 4) is 0 Å². The zero-order chi connectivity index (χ0) is 13.0. The van der Waals surface area contributed by atoms with Crippen LogP contribution in [0.25, 0.3) is 0 Å².